The molecule has 6 nitrogen and oxygen atoms in total. The zero-order chi connectivity index (χ0) is 10.6. The second-order valence-corrected chi connectivity index (χ2v) is 3.11. The number of aliphatic carboxylic acids is 1. The third-order valence-corrected chi connectivity index (χ3v) is 2.01. The van der Waals surface area contributed by atoms with Crippen LogP contribution in [0.4, 0.5) is 4.79 Å². The van der Waals surface area contributed by atoms with Gasteiger partial charge in [0.1, 0.15) is 6.04 Å². The summed E-state index contributed by atoms with van der Waals surface area (Å²) < 4.78 is 5.06. The van der Waals surface area contributed by atoms with Crippen molar-refractivity contribution in [2.45, 2.75) is 13.0 Å². The minimum Gasteiger partial charge on any atom is -0.480 e. The van der Waals surface area contributed by atoms with Crippen molar-refractivity contribution < 1.29 is 19.4 Å². The minimum atomic E-state index is -1.04. The monoisotopic (exact) mass is 202 g/mol. The summed E-state index contributed by atoms with van der Waals surface area (Å²) in [5, 5.41) is 11.0. The van der Waals surface area contributed by atoms with Crippen LogP contribution in [0.15, 0.2) is 0 Å². The predicted molar refractivity (Wildman–Crippen MR) is 48.0 cm³/mol. The number of urea groups is 1. The van der Waals surface area contributed by atoms with Crippen molar-refractivity contribution in [2.75, 3.05) is 26.3 Å². The molecule has 1 aliphatic heterocycles. The fourth-order valence-corrected chi connectivity index (χ4v) is 1.10. The Labute approximate surface area is 81.8 Å². The highest BCUT2D eigenvalue weighted by Gasteiger charge is 2.20. The molecule has 80 valence electrons. The van der Waals surface area contributed by atoms with E-state index in [4.69, 9.17) is 9.84 Å². The van der Waals surface area contributed by atoms with E-state index in [2.05, 4.69) is 5.32 Å². The van der Waals surface area contributed by atoms with Crippen LogP contribution in [0.1, 0.15) is 6.92 Å². The van der Waals surface area contributed by atoms with Gasteiger partial charge in [0.2, 0.25) is 0 Å². The fourth-order valence-electron chi connectivity index (χ4n) is 1.10. The van der Waals surface area contributed by atoms with Gasteiger partial charge in [-0.3, -0.25) is 4.79 Å². The molecule has 1 aliphatic rings. The van der Waals surface area contributed by atoms with Crippen molar-refractivity contribution >= 4 is 12.0 Å². The van der Waals surface area contributed by atoms with Gasteiger partial charge in [0.05, 0.1) is 13.2 Å². The second-order valence-electron chi connectivity index (χ2n) is 3.11. The van der Waals surface area contributed by atoms with E-state index < -0.39 is 12.0 Å². The third kappa shape index (κ3) is 2.88. The van der Waals surface area contributed by atoms with Crippen LogP contribution in [-0.2, 0) is 9.53 Å². The van der Waals surface area contributed by atoms with Crippen molar-refractivity contribution in [1.82, 2.24) is 10.2 Å². The molecule has 0 bridgehead atoms. The average molecular weight is 202 g/mol. The van der Waals surface area contributed by atoms with Gasteiger partial charge < -0.3 is 20.1 Å². The van der Waals surface area contributed by atoms with Crippen LogP contribution in [0.2, 0.25) is 0 Å². The molecule has 0 unspecified atom stereocenters. The van der Waals surface area contributed by atoms with Crippen molar-refractivity contribution in [3.8, 4) is 0 Å². The number of rotatable bonds is 2. The minimum absolute atomic E-state index is 0.344. The van der Waals surface area contributed by atoms with E-state index in [0.29, 0.717) is 26.3 Å². The zero-order valence-corrected chi connectivity index (χ0v) is 8.02. The molecule has 0 aliphatic carbocycles. The normalized spacial score (nSPS) is 18.8. The van der Waals surface area contributed by atoms with Crippen LogP contribution in [-0.4, -0.2) is 54.4 Å². The molecule has 14 heavy (non-hydrogen) atoms. The summed E-state index contributed by atoms with van der Waals surface area (Å²) in [6.07, 6.45) is 0. The number of morpholine rings is 1. The summed E-state index contributed by atoms with van der Waals surface area (Å²) >= 11 is 0. The first kappa shape index (κ1) is 10.8. The summed E-state index contributed by atoms with van der Waals surface area (Å²) in [4.78, 5) is 23.4. The van der Waals surface area contributed by atoms with Gasteiger partial charge in [-0.15, -0.1) is 0 Å². The molecule has 0 spiro atoms. The van der Waals surface area contributed by atoms with Crippen LogP contribution in [0, 0.1) is 0 Å². The number of carbonyl (C=O) groups is 2. The maximum absolute atomic E-state index is 11.4. The Hall–Kier alpha value is -1.30. The Morgan fingerprint density at radius 3 is 2.50 bits per heavy atom. The van der Waals surface area contributed by atoms with Gasteiger partial charge in [-0.2, -0.15) is 0 Å². The number of hydrogen-bond acceptors (Lipinski definition) is 3. The largest absolute Gasteiger partial charge is 0.480 e. The first-order valence-corrected chi connectivity index (χ1v) is 4.47. The summed E-state index contributed by atoms with van der Waals surface area (Å²) in [5.74, 6) is -1.04. The standard InChI is InChI=1S/C8H14N2O4/c1-6(7(11)12)9-8(13)10-2-4-14-5-3-10/h6H,2-5H2,1H3,(H,9,13)(H,11,12)/t6-/m1/s1. The van der Waals surface area contributed by atoms with E-state index in [0.717, 1.165) is 0 Å². The van der Waals surface area contributed by atoms with E-state index in [1.165, 1.54) is 6.92 Å². The fraction of sp³-hybridized carbons (Fsp3) is 0.750. The molecule has 6 heteroatoms. The van der Waals surface area contributed by atoms with Gasteiger partial charge in [0, 0.05) is 13.1 Å². The summed E-state index contributed by atoms with van der Waals surface area (Å²) in [6, 6.07) is -1.20. The topological polar surface area (TPSA) is 78.9 Å². The number of nitrogens with zero attached hydrogens (tertiary/aromatic N) is 1. The van der Waals surface area contributed by atoms with Crippen LogP contribution >= 0.6 is 0 Å². The maximum Gasteiger partial charge on any atom is 0.325 e. The number of carboxylic acids is 1. The van der Waals surface area contributed by atoms with E-state index >= 15 is 0 Å². The van der Waals surface area contributed by atoms with Crippen LogP contribution in [0.3, 0.4) is 0 Å². The van der Waals surface area contributed by atoms with Gasteiger partial charge in [0.25, 0.3) is 0 Å². The molecule has 1 saturated heterocycles. The molecule has 1 fully saturated rings. The number of carboxylic acid groups (broad SMARTS) is 1. The molecule has 2 amide bonds. The lowest BCUT2D eigenvalue weighted by atomic mass is 10.3. The second kappa shape index (κ2) is 4.80. The molecule has 0 aromatic heterocycles. The number of hydrogen-bond donors (Lipinski definition) is 2. The van der Waals surface area contributed by atoms with E-state index in [-0.39, 0.29) is 6.03 Å². The lowest BCUT2D eigenvalue weighted by Gasteiger charge is -2.27. The van der Waals surface area contributed by atoms with Crippen molar-refractivity contribution in [3.05, 3.63) is 0 Å². The number of carbonyl (C=O) groups excluding carboxylic acids is 1. The molecular formula is C8H14N2O4. The SMILES string of the molecule is C[C@@H](NC(=O)N1CCOCC1)C(=O)O. The molecule has 1 heterocycles. The van der Waals surface area contributed by atoms with Gasteiger partial charge >= 0.3 is 12.0 Å². The average Bonchev–Trinajstić information content (AvgIpc) is 2.19. The Morgan fingerprint density at radius 2 is 2.00 bits per heavy atom. The highest BCUT2D eigenvalue weighted by molar-refractivity contribution is 5.82. The zero-order valence-electron chi connectivity index (χ0n) is 8.02. The maximum atomic E-state index is 11.4. The molecule has 1 rings (SSSR count). The number of nitrogens with one attached hydrogen (secondary N) is 1. The smallest absolute Gasteiger partial charge is 0.325 e. The van der Waals surface area contributed by atoms with Gasteiger partial charge in [-0.1, -0.05) is 0 Å². The lowest BCUT2D eigenvalue weighted by molar-refractivity contribution is -0.138. The highest BCUT2D eigenvalue weighted by atomic mass is 16.5. The van der Waals surface area contributed by atoms with Crippen LogP contribution < -0.4 is 5.32 Å². The van der Waals surface area contributed by atoms with E-state index in [1.807, 2.05) is 0 Å². The van der Waals surface area contributed by atoms with Crippen LogP contribution in [0.25, 0.3) is 0 Å². The quantitative estimate of drug-likeness (QED) is 0.632. The Morgan fingerprint density at radius 1 is 1.43 bits per heavy atom. The van der Waals surface area contributed by atoms with Gasteiger partial charge in [-0.05, 0) is 6.92 Å². The number of ether oxygens (including phenoxy) is 1. The summed E-state index contributed by atoms with van der Waals surface area (Å²) in [7, 11) is 0. The molecule has 2 N–H and O–H groups in total. The van der Waals surface area contributed by atoms with Gasteiger partial charge in [-0.25, -0.2) is 4.79 Å². The van der Waals surface area contributed by atoms with E-state index in [9.17, 15) is 9.59 Å². The Kier molecular flexibility index (Phi) is 3.70. The third-order valence-electron chi connectivity index (χ3n) is 2.01. The molecule has 0 saturated carbocycles. The van der Waals surface area contributed by atoms with Gasteiger partial charge in [0.15, 0.2) is 0 Å². The molecule has 0 radical (unpaired) electrons. The molecular weight excluding hydrogens is 188 g/mol. The summed E-state index contributed by atoms with van der Waals surface area (Å²) in [6.45, 7) is 3.47. The first-order chi connectivity index (χ1) is 6.61. The highest BCUT2D eigenvalue weighted by Crippen LogP contribution is 1.97. The Bertz CT molecular complexity index is 225. The molecule has 0 aromatic carbocycles. The number of amides is 2. The Balaban J connectivity index is 2.36. The van der Waals surface area contributed by atoms with E-state index in [1.54, 1.807) is 4.90 Å². The lowest BCUT2D eigenvalue weighted by Crippen LogP contribution is -2.50. The van der Waals surface area contributed by atoms with Crippen LogP contribution in [0.5, 0.6) is 0 Å². The van der Waals surface area contributed by atoms with Crippen molar-refractivity contribution in [2.24, 2.45) is 0 Å². The van der Waals surface area contributed by atoms with Crippen molar-refractivity contribution in [3.63, 3.8) is 0 Å². The van der Waals surface area contributed by atoms with Crippen molar-refractivity contribution in [1.29, 1.82) is 0 Å². The molecule has 0 aromatic rings. The first-order valence-electron chi connectivity index (χ1n) is 4.47. The summed E-state index contributed by atoms with van der Waals surface area (Å²) in [5.41, 5.74) is 0. The molecule has 1 atom stereocenters. The predicted octanol–water partition coefficient (Wildman–Crippen LogP) is -0.499.